The minimum atomic E-state index is -0.849. The second kappa shape index (κ2) is 40.1. The predicted molar refractivity (Wildman–Crippen MR) is 364 cm³/mol. The van der Waals surface area contributed by atoms with Crippen molar-refractivity contribution in [2.75, 3.05) is 131 Å². The summed E-state index contributed by atoms with van der Waals surface area (Å²) in [6, 6.07) is 36.0. The largest absolute Gasteiger partial charge is 0.449 e. The van der Waals surface area contributed by atoms with Crippen LogP contribution in [0.3, 0.4) is 0 Å². The number of methoxy groups -OCH3 is 1. The molecule has 0 unspecified atom stereocenters. The number of hydrogen-bond donors (Lipinski definition) is 4. The molecule has 0 radical (unpaired) electrons. The predicted octanol–water partition coefficient (Wildman–Crippen LogP) is 9.48. The van der Waals surface area contributed by atoms with E-state index in [1.807, 2.05) is 91.0 Å². The number of unbranched alkanes of at least 4 members (excludes halogenated alkanes) is 5. The van der Waals surface area contributed by atoms with Crippen LogP contribution in [0.5, 0.6) is 0 Å². The second-order valence-electron chi connectivity index (χ2n) is 23.3. The maximum Gasteiger partial charge on any atom is 0.407 e. The Kier molecular flexibility index (Phi) is 30.0. The number of hydrogen-bond acceptors (Lipinski definition) is 17. The van der Waals surface area contributed by atoms with E-state index in [1.165, 1.54) is 4.68 Å². The summed E-state index contributed by atoms with van der Waals surface area (Å²) in [7, 11) is 1.64. The SMILES string of the molecule is COCCOCCOCCOCCOCCOCCOCCOCCC(=O)NCCCCC[C@H](NC(=O)OCC1c2ccccc2-c2ccccc21)C(=O)NCCCCCCn1nc(-c2ccc(NC(=O)N3Cc4ccncc4C3)cc2)cc(-c2cccc3ncccc23)c1=O. The lowest BCUT2D eigenvalue weighted by atomic mass is 9.98. The van der Waals surface area contributed by atoms with Crippen LogP contribution < -0.4 is 26.8 Å². The number of aromatic nitrogens is 4. The standard InChI is InChI=1S/C73H91N9O14/c1-88-35-36-90-39-40-92-43-44-94-47-48-95-46-45-93-42-41-91-38-37-89-34-28-69(83)76-29-11-4-5-21-67(79-73(87)96-53-65-60-17-8-6-15-58(60)59-16-7-9-18-61(59)65)70(84)77-30-10-2-3-12-33-82-71(85)64(62-19-13-22-66-63(62)20-14-31-75-66)49-68(80-82)54-23-25-57(26-24-54)78-72(86)81-51-55-27-32-74-50-56(55)52-81/h6-9,13-20,22-27,31-32,49-50,65,67H,2-5,10-12,21,28-30,33-48,51-53H2,1H3,(H,76,83)(H,77,84)(H,78,86)(H,79,87)/t67-/m0/s1. The molecule has 0 fully saturated rings. The number of benzene rings is 4. The number of pyridine rings is 2. The van der Waals surface area contributed by atoms with Crippen molar-refractivity contribution >= 4 is 40.5 Å². The van der Waals surface area contributed by atoms with Crippen molar-refractivity contribution in [2.24, 2.45) is 0 Å². The Labute approximate surface area is 561 Å². The number of urea groups is 1. The van der Waals surface area contributed by atoms with E-state index in [1.54, 1.807) is 30.6 Å². The van der Waals surface area contributed by atoms with Gasteiger partial charge in [-0.05, 0) is 101 Å². The first-order valence-electron chi connectivity index (χ1n) is 33.5. The van der Waals surface area contributed by atoms with Crippen molar-refractivity contribution < 1.29 is 61.8 Å². The summed E-state index contributed by atoms with van der Waals surface area (Å²) in [5.41, 5.74) is 10.3. The van der Waals surface area contributed by atoms with Gasteiger partial charge in [-0.3, -0.25) is 24.4 Å². The zero-order valence-corrected chi connectivity index (χ0v) is 55.0. The Bertz CT molecular complexity index is 3540. The number of carbonyl (C=O) groups is 4. The van der Waals surface area contributed by atoms with Crippen LogP contribution in [0, 0.1) is 0 Å². The highest BCUT2D eigenvalue weighted by Crippen LogP contribution is 2.44. The zero-order chi connectivity index (χ0) is 66.8. The molecule has 512 valence electrons. The number of alkyl carbamates (subject to hydrolysis) is 1. The first kappa shape index (κ1) is 71.8. The van der Waals surface area contributed by atoms with Crippen LogP contribution in [-0.4, -0.2) is 181 Å². The number of carbonyl (C=O) groups excluding carboxylic acids is 4. The molecule has 23 nitrogen and oxygen atoms in total. The van der Waals surface area contributed by atoms with E-state index in [-0.39, 0.29) is 49.0 Å². The van der Waals surface area contributed by atoms with Crippen molar-refractivity contribution in [3.8, 4) is 33.5 Å². The summed E-state index contributed by atoms with van der Waals surface area (Å²) in [5, 5.41) is 17.6. The van der Waals surface area contributed by atoms with E-state index in [0.717, 1.165) is 68.3 Å². The summed E-state index contributed by atoms with van der Waals surface area (Å²) in [6.45, 7) is 9.15. The number of amides is 5. The highest BCUT2D eigenvalue weighted by atomic mass is 16.6. The van der Waals surface area contributed by atoms with Gasteiger partial charge in [-0.2, -0.15) is 5.10 Å². The van der Waals surface area contributed by atoms with Crippen molar-refractivity contribution in [1.29, 1.82) is 0 Å². The van der Waals surface area contributed by atoms with Crippen LogP contribution in [0.25, 0.3) is 44.4 Å². The maximum atomic E-state index is 14.4. The van der Waals surface area contributed by atoms with E-state index < -0.39 is 12.1 Å². The van der Waals surface area contributed by atoms with Crippen molar-refractivity contribution in [2.45, 2.75) is 89.4 Å². The summed E-state index contributed by atoms with van der Waals surface area (Å²) in [4.78, 5) is 78.2. The van der Waals surface area contributed by atoms with Crippen molar-refractivity contribution in [1.82, 2.24) is 40.6 Å². The molecule has 0 saturated carbocycles. The fourth-order valence-electron chi connectivity index (χ4n) is 11.5. The Morgan fingerprint density at radius 2 is 1.17 bits per heavy atom. The molecule has 1 aliphatic heterocycles. The van der Waals surface area contributed by atoms with Crippen LogP contribution in [0.2, 0.25) is 0 Å². The molecule has 4 aromatic carbocycles. The highest BCUT2D eigenvalue weighted by molar-refractivity contribution is 5.95. The highest BCUT2D eigenvalue weighted by Gasteiger charge is 2.30. The Hall–Kier alpha value is -8.52. The lowest BCUT2D eigenvalue weighted by Gasteiger charge is -2.20. The number of rotatable bonds is 44. The summed E-state index contributed by atoms with van der Waals surface area (Å²) >= 11 is 0. The first-order chi connectivity index (χ1) is 47.2. The number of fused-ring (bicyclic) bond motifs is 5. The van der Waals surface area contributed by atoms with Crippen LogP contribution >= 0.6 is 0 Å². The fourth-order valence-corrected chi connectivity index (χ4v) is 11.5. The molecule has 1 aliphatic carbocycles. The minimum Gasteiger partial charge on any atom is -0.449 e. The molecule has 4 heterocycles. The lowest BCUT2D eigenvalue weighted by molar-refractivity contribution is -0.123. The Morgan fingerprint density at radius 3 is 1.82 bits per heavy atom. The van der Waals surface area contributed by atoms with E-state index in [4.69, 9.17) is 47.7 Å². The van der Waals surface area contributed by atoms with Crippen LogP contribution in [-0.2, 0) is 71.9 Å². The fraction of sp³-hybridized carbons (Fsp3) is 0.452. The molecular weight excluding hydrogens is 1230 g/mol. The average molecular weight is 1320 g/mol. The van der Waals surface area contributed by atoms with E-state index in [0.29, 0.717) is 181 Å². The maximum absolute atomic E-state index is 14.4. The second-order valence-corrected chi connectivity index (χ2v) is 23.3. The van der Waals surface area contributed by atoms with Gasteiger partial charge in [0.25, 0.3) is 5.56 Å². The molecule has 3 aromatic heterocycles. The Morgan fingerprint density at radius 1 is 0.573 bits per heavy atom. The molecular formula is C73H91N9O14. The molecule has 5 amide bonds. The lowest BCUT2D eigenvalue weighted by Crippen LogP contribution is -2.47. The molecule has 0 spiro atoms. The molecule has 1 atom stereocenters. The molecule has 9 rings (SSSR count). The van der Waals surface area contributed by atoms with Crippen LogP contribution in [0.15, 0.2) is 139 Å². The minimum absolute atomic E-state index is 0.111. The van der Waals surface area contributed by atoms with Crippen LogP contribution in [0.4, 0.5) is 15.3 Å². The molecule has 96 heavy (non-hydrogen) atoms. The van der Waals surface area contributed by atoms with Gasteiger partial charge >= 0.3 is 12.1 Å². The third-order valence-electron chi connectivity index (χ3n) is 16.5. The normalized spacial score (nSPS) is 12.7. The number of ether oxygens (including phenoxy) is 9. The molecule has 23 heteroatoms. The van der Waals surface area contributed by atoms with Gasteiger partial charge in [-0.15, -0.1) is 0 Å². The summed E-state index contributed by atoms with van der Waals surface area (Å²) in [6.07, 6.45) is 10.0. The molecule has 0 saturated heterocycles. The average Bonchev–Trinajstić information content (AvgIpc) is 1.31. The van der Waals surface area contributed by atoms with Crippen molar-refractivity contribution in [3.05, 3.63) is 166 Å². The van der Waals surface area contributed by atoms with Gasteiger partial charge in [0.15, 0.2) is 0 Å². The van der Waals surface area contributed by atoms with Crippen LogP contribution in [0.1, 0.15) is 86.0 Å². The smallest absolute Gasteiger partial charge is 0.407 e. The molecule has 2 aliphatic rings. The van der Waals surface area contributed by atoms with Gasteiger partial charge in [-0.1, -0.05) is 105 Å². The summed E-state index contributed by atoms with van der Waals surface area (Å²) in [5.74, 6) is -0.566. The van der Waals surface area contributed by atoms with Gasteiger partial charge in [0.1, 0.15) is 12.6 Å². The number of nitrogens with zero attached hydrogens (tertiary/aromatic N) is 5. The molecule has 0 bridgehead atoms. The number of aryl methyl sites for hydroxylation is 1. The third kappa shape index (κ3) is 22.5. The van der Waals surface area contributed by atoms with E-state index >= 15 is 0 Å². The quantitative estimate of drug-likeness (QED) is 0.0259. The monoisotopic (exact) mass is 1320 g/mol. The molecule has 7 aromatic rings. The van der Waals surface area contributed by atoms with Gasteiger partial charge in [0.05, 0.1) is 116 Å². The van der Waals surface area contributed by atoms with Crippen molar-refractivity contribution in [3.63, 3.8) is 0 Å². The summed E-state index contributed by atoms with van der Waals surface area (Å²) < 4.78 is 50.8. The number of nitrogens with one attached hydrogen (secondary N) is 4. The first-order valence-corrected chi connectivity index (χ1v) is 33.5. The Balaban J connectivity index is 0.679. The molecule has 4 N–H and O–H groups in total. The van der Waals surface area contributed by atoms with Gasteiger partial charge in [-0.25, -0.2) is 14.3 Å². The third-order valence-corrected chi connectivity index (χ3v) is 16.5. The number of anilines is 1. The zero-order valence-electron chi connectivity index (χ0n) is 55.0. The van der Waals surface area contributed by atoms with Gasteiger partial charge < -0.3 is 68.8 Å². The van der Waals surface area contributed by atoms with Gasteiger partial charge in [0.2, 0.25) is 11.8 Å². The van der Waals surface area contributed by atoms with E-state index in [9.17, 15) is 24.0 Å². The topological polar surface area (TPSA) is 263 Å². The van der Waals surface area contributed by atoms with E-state index in [2.05, 4.69) is 55.5 Å². The van der Waals surface area contributed by atoms with Gasteiger partial charge in [0, 0.05) is 87.4 Å².